The number of anilines is 4. The van der Waals surface area contributed by atoms with E-state index in [1.165, 1.54) is 0 Å². The summed E-state index contributed by atoms with van der Waals surface area (Å²) >= 11 is 0. The van der Waals surface area contributed by atoms with Gasteiger partial charge in [-0.05, 0) is 42.7 Å². The molecule has 1 aliphatic heterocycles. The van der Waals surface area contributed by atoms with Crippen molar-refractivity contribution >= 4 is 29.1 Å². The van der Waals surface area contributed by atoms with E-state index in [0.29, 0.717) is 49.1 Å². The molecule has 1 unspecified atom stereocenters. The number of nitrogens with zero attached hydrogens (tertiary/aromatic N) is 2. The molecule has 1 atom stereocenters. The number of hydrogen-bond donors (Lipinski definition) is 2. The molecule has 0 fully saturated rings. The summed E-state index contributed by atoms with van der Waals surface area (Å²) in [6, 6.07) is 12.8. The van der Waals surface area contributed by atoms with Crippen molar-refractivity contribution in [3.63, 3.8) is 0 Å². The normalized spacial score (nSPS) is 13.2. The minimum Gasteiger partial charge on any atom is -0.486 e. The fourth-order valence-corrected chi connectivity index (χ4v) is 3.38. The Morgan fingerprint density at radius 2 is 1.82 bits per heavy atom. The summed E-state index contributed by atoms with van der Waals surface area (Å²) < 4.78 is 30.4. The second-order valence-corrected chi connectivity index (χ2v) is 7.53. The minimum atomic E-state index is -0.581. The van der Waals surface area contributed by atoms with Crippen LogP contribution in [-0.2, 0) is 9.53 Å². The van der Waals surface area contributed by atoms with Crippen LogP contribution in [0.15, 0.2) is 48.7 Å². The van der Waals surface area contributed by atoms with Crippen molar-refractivity contribution in [2.45, 2.75) is 26.2 Å². The Hall–Kier alpha value is -3.88. The third-order valence-corrected chi connectivity index (χ3v) is 5.06. The molecule has 0 spiro atoms. The third kappa shape index (κ3) is 5.68. The van der Waals surface area contributed by atoms with Gasteiger partial charge in [-0.15, -0.1) is 0 Å². The summed E-state index contributed by atoms with van der Waals surface area (Å²) in [7, 11) is 0. The van der Waals surface area contributed by atoms with Crippen LogP contribution in [-0.4, -0.2) is 35.8 Å². The Morgan fingerprint density at radius 1 is 1.09 bits per heavy atom. The van der Waals surface area contributed by atoms with E-state index in [1.54, 1.807) is 19.1 Å². The zero-order chi connectivity index (χ0) is 23.2. The van der Waals surface area contributed by atoms with E-state index in [-0.39, 0.29) is 23.7 Å². The van der Waals surface area contributed by atoms with E-state index < -0.39 is 5.82 Å². The van der Waals surface area contributed by atoms with Gasteiger partial charge in [0.15, 0.2) is 23.1 Å². The Kier molecular flexibility index (Phi) is 6.87. The van der Waals surface area contributed by atoms with Gasteiger partial charge < -0.3 is 24.8 Å². The maximum Gasteiger partial charge on any atom is 0.306 e. The topological polar surface area (TPSA) is 94.6 Å². The van der Waals surface area contributed by atoms with Gasteiger partial charge in [0.05, 0.1) is 19.2 Å². The lowest BCUT2D eigenvalue weighted by Gasteiger charge is -2.19. The second-order valence-electron chi connectivity index (χ2n) is 7.53. The molecule has 3 aromatic rings. The van der Waals surface area contributed by atoms with Crippen LogP contribution in [0.3, 0.4) is 0 Å². The maximum absolute atomic E-state index is 14.3. The van der Waals surface area contributed by atoms with Crippen LogP contribution in [0.4, 0.5) is 27.5 Å². The number of hydrogen-bond acceptors (Lipinski definition) is 8. The summed E-state index contributed by atoms with van der Waals surface area (Å²) in [5.74, 6) is 0.775. The molecule has 9 heteroatoms. The number of fused-ring (bicyclic) bond motifs is 1. The molecule has 0 bridgehead atoms. The first-order valence-corrected chi connectivity index (χ1v) is 10.7. The molecule has 0 aliphatic carbocycles. The van der Waals surface area contributed by atoms with Crippen LogP contribution < -0.4 is 20.1 Å². The van der Waals surface area contributed by atoms with Crippen molar-refractivity contribution < 1.29 is 23.4 Å². The average Bonchev–Trinajstić information content (AvgIpc) is 2.82. The number of esters is 1. The molecule has 1 aliphatic rings. The van der Waals surface area contributed by atoms with Crippen LogP contribution in [0.2, 0.25) is 0 Å². The lowest BCUT2D eigenvalue weighted by molar-refractivity contribution is -0.143. The molecule has 8 nitrogen and oxygen atoms in total. The monoisotopic (exact) mass is 452 g/mol. The quantitative estimate of drug-likeness (QED) is 0.465. The van der Waals surface area contributed by atoms with E-state index in [9.17, 15) is 9.18 Å². The third-order valence-electron chi connectivity index (χ3n) is 5.06. The van der Waals surface area contributed by atoms with Gasteiger partial charge in [-0.25, -0.2) is 9.37 Å². The van der Waals surface area contributed by atoms with Gasteiger partial charge in [0.2, 0.25) is 5.95 Å². The number of halogens is 1. The summed E-state index contributed by atoms with van der Waals surface area (Å²) in [6.45, 7) is 5.11. The fourth-order valence-electron chi connectivity index (χ4n) is 3.38. The van der Waals surface area contributed by atoms with Gasteiger partial charge in [0, 0.05) is 17.4 Å². The van der Waals surface area contributed by atoms with Gasteiger partial charge in [0.1, 0.15) is 13.2 Å². The summed E-state index contributed by atoms with van der Waals surface area (Å²) in [5.41, 5.74) is 2.33. The Bertz CT molecular complexity index is 1120. The molecule has 172 valence electrons. The highest BCUT2D eigenvalue weighted by Crippen LogP contribution is 2.33. The molecule has 4 rings (SSSR count). The van der Waals surface area contributed by atoms with Crippen LogP contribution in [0.25, 0.3) is 0 Å². The van der Waals surface area contributed by atoms with E-state index in [2.05, 4.69) is 20.6 Å². The molecule has 1 aromatic heterocycles. The van der Waals surface area contributed by atoms with Crippen LogP contribution in [0, 0.1) is 5.82 Å². The van der Waals surface area contributed by atoms with E-state index in [1.807, 2.05) is 37.3 Å². The average molecular weight is 452 g/mol. The second kappa shape index (κ2) is 10.2. The number of benzene rings is 2. The van der Waals surface area contributed by atoms with Crippen molar-refractivity contribution in [3.05, 3.63) is 60.0 Å². The predicted octanol–water partition coefficient (Wildman–Crippen LogP) is 4.93. The van der Waals surface area contributed by atoms with Crippen molar-refractivity contribution in [3.8, 4) is 11.5 Å². The molecule has 33 heavy (non-hydrogen) atoms. The molecular formula is C24H25FN4O4. The lowest BCUT2D eigenvalue weighted by atomic mass is 9.98. The highest BCUT2D eigenvalue weighted by Gasteiger charge is 2.14. The molecule has 0 amide bonds. The minimum absolute atomic E-state index is 0.00989. The van der Waals surface area contributed by atoms with Crippen molar-refractivity contribution in [2.24, 2.45) is 0 Å². The van der Waals surface area contributed by atoms with E-state index in [4.69, 9.17) is 14.2 Å². The Labute approximate surface area is 191 Å². The Morgan fingerprint density at radius 3 is 2.58 bits per heavy atom. The number of carbonyl (C=O) groups is 1. The summed E-state index contributed by atoms with van der Waals surface area (Å²) in [5, 5.41) is 6.02. The SMILES string of the molecule is CCOC(=O)CC(C)c1ccc(Nc2nc(Nc3ccc4c(c3)OCCO4)ncc2F)cc1. The van der Waals surface area contributed by atoms with Gasteiger partial charge in [0.25, 0.3) is 0 Å². The highest BCUT2D eigenvalue weighted by molar-refractivity contribution is 5.70. The first-order valence-electron chi connectivity index (χ1n) is 10.7. The van der Waals surface area contributed by atoms with Gasteiger partial charge in [-0.1, -0.05) is 19.1 Å². The number of carbonyl (C=O) groups excluding carboxylic acids is 1. The van der Waals surface area contributed by atoms with Crippen molar-refractivity contribution in [2.75, 3.05) is 30.5 Å². The molecule has 0 saturated carbocycles. The largest absolute Gasteiger partial charge is 0.486 e. The smallest absolute Gasteiger partial charge is 0.306 e. The molecule has 0 radical (unpaired) electrons. The molecule has 2 aromatic carbocycles. The van der Waals surface area contributed by atoms with Gasteiger partial charge in [-0.3, -0.25) is 4.79 Å². The van der Waals surface area contributed by atoms with E-state index in [0.717, 1.165) is 11.8 Å². The van der Waals surface area contributed by atoms with Gasteiger partial charge in [-0.2, -0.15) is 4.98 Å². The number of ether oxygens (including phenoxy) is 3. The number of rotatable bonds is 8. The van der Waals surface area contributed by atoms with Crippen LogP contribution >= 0.6 is 0 Å². The maximum atomic E-state index is 14.3. The summed E-state index contributed by atoms with van der Waals surface area (Å²) in [4.78, 5) is 20.0. The summed E-state index contributed by atoms with van der Waals surface area (Å²) in [6.07, 6.45) is 1.40. The zero-order valence-electron chi connectivity index (χ0n) is 18.4. The molecular weight excluding hydrogens is 427 g/mol. The number of aromatic nitrogens is 2. The zero-order valence-corrected chi connectivity index (χ0v) is 18.4. The number of nitrogens with one attached hydrogen (secondary N) is 2. The predicted molar refractivity (Wildman–Crippen MR) is 122 cm³/mol. The molecule has 2 heterocycles. The first-order chi connectivity index (χ1) is 16.0. The molecule has 0 saturated heterocycles. The van der Waals surface area contributed by atoms with Gasteiger partial charge >= 0.3 is 5.97 Å². The highest BCUT2D eigenvalue weighted by atomic mass is 19.1. The first kappa shape index (κ1) is 22.3. The lowest BCUT2D eigenvalue weighted by Crippen LogP contribution is -2.15. The van der Waals surface area contributed by atoms with Crippen molar-refractivity contribution in [1.82, 2.24) is 9.97 Å². The van der Waals surface area contributed by atoms with Crippen LogP contribution in [0.5, 0.6) is 11.5 Å². The molecule has 2 N–H and O–H groups in total. The van der Waals surface area contributed by atoms with Crippen LogP contribution in [0.1, 0.15) is 31.7 Å². The fraction of sp³-hybridized carbons (Fsp3) is 0.292. The van der Waals surface area contributed by atoms with Crippen molar-refractivity contribution in [1.29, 1.82) is 0 Å². The Balaban J connectivity index is 1.43. The van der Waals surface area contributed by atoms with E-state index >= 15 is 0 Å². The standard InChI is InChI=1S/C24H25FN4O4/c1-3-31-22(30)12-15(2)16-4-6-17(7-5-16)27-23-19(25)14-26-24(29-23)28-18-8-9-20-21(13-18)33-11-10-32-20/h4-9,13-15H,3,10-12H2,1-2H3,(H2,26,27,28,29).